The average Bonchev–Trinajstić information content (AvgIpc) is 3.25. The molecule has 3 aliphatic rings. The van der Waals surface area contributed by atoms with Crippen molar-refractivity contribution in [2.75, 3.05) is 23.0 Å². The van der Waals surface area contributed by atoms with Gasteiger partial charge in [0.25, 0.3) is 5.91 Å². The van der Waals surface area contributed by atoms with E-state index in [9.17, 15) is 13.2 Å². The summed E-state index contributed by atoms with van der Waals surface area (Å²) in [5.41, 5.74) is 0.565. The number of hydrogen-bond donors (Lipinski definition) is 0. The van der Waals surface area contributed by atoms with Crippen molar-refractivity contribution in [2.45, 2.75) is 30.2 Å². The van der Waals surface area contributed by atoms with E-state index in [0.29, 0.717) is 33.9 Å². The molecule has 1 aromatic rings. The number of nitrogens with zero attached hydrogens (tertiary/aromatic N) is 2. The van der Waals surface area contributed by atoms with Gasteiger partial charge < -0.3 is 9.64 Å². The molecule has 0 unspecified atom stereocenters. The Morgan fingerprint density at radius 1 is 1.31 bits per heavy atom. The lowest BCUT2D eigenvalue weighted by atomic mass is 10.2. The lowest BCUT2D eigenvalue weighted by molar-refractivity contribution is -0.126. The van der Waals surface area contributed by atoms with E-state index >= 15 is 0 Å². The SMILES string of the molecule is O=C(N=C1S[C@H]2CS(=O)(=O)C[C@@H]2N1c1cccc(Cl)c1Cl)[C@H]1CCCO1. The number of carbonyl (C=O) groups is 1. The van der Waals surface area contributed by atoms with E-state index in [1.165, 1.54) is 11.8 Å². The lowest BCUT2D eigenvalue weighted by Gasteiger charge is -2.26. The molecule has 10 heteroatoms. The molecular weight excluding hydrogens is 419 g/mol. The molecule has 0 spiro atoms. The molecule has 0 aromatic heterocycles. The Morgan fingerprint density at radius 3 is 2.85 bits per heavy atom. The van der Waals surface area contributed by atoms with Crippen LogP contribution in [-0.4, -0.2) is 55.0 Å². The van der Waals surface area contributed by atoms with Crippen LogP contribution < -0.4 is 4.90 Å². The molecule has 140 valence electrons. The van der Waals surface area contributed by atoms with E-state index in [1.54, 1.807) is 23.1 Å². The quantitative estimate of drug-likeness (QED) is 0.711. The van der Waals surface area contributed by atoms with E-state index in [2.05, 4.69) is 4.99 Å². The normalized spacial score (nSPS) is 31.5. The number of thioether (sulfide) groups is 1. The number of aliphatic imine (C=N–C) groups is 1. The van der Waals surface area contributed by atoms with Crippen LogP contribution in [0.2, 0.25) is 10.0 Å². The van der Waals surface area contributed by atoms with Crippen molar-refractivity contribution in [3.05, 3.63) is 28.2 Å². The first kappa shape index (κ1) is 18.6. The van der Waals surface area contributed by atoms with Gasteiger partial charge in [0.05, 0.1) is 33.3 Å². The second-order valence-electron chi connectivity index (χ2n) is 6.48. The van der Waals surface area contributed by atoms with Gasteiger partial charge in [-0.15, -0.1) is 0 Å². The summed E-state index contributed by atoms with van der Waals surface area (Å²) in [4.78, 5) is 18.5. The van der Waals surface area contributed by atoms with Gasteiger partial charge in [-0.2, -0.15) is 4.99 Å². The molecule has 26 heavy (non-hydrogen) atoms. The first-order valence-corrected chi connectivity index (χ1v) is 11.7. The van der Waals surface area contributed by atoms with Gasteiger partial charge in [0.15, 0.2) is 15.0 Å². The smallest absolute Gasteiger partial charge is 0.277 e. The van der Waals surface area contributed by atoms with Crippen molar-refractivity contribution in [1.29, 1.82) is 0 Å². The van der Waals surface area contributed by atoms with Gasteiger partial charge in [0.1, 0.15) is 6.10 Å². The monoisotopic (exact) mass is 434 g/mol. The Labute approximate surface area is 165 Å². The number of amides is 1. The van der Waals surface area contributed by atoms with Crippen LogP contribution in [0, 0.1) is 0 Å². The zero-order valence-electron chi connectivity index (χ0n) is 13.6. The summed E-state index contributed by atoms with van der Waals surface area (Å²) in [5, 5.41) is 0.950. The predicted molar refractivity (Wildman–Crippen MR) is 104 cm³/mol. The van der Waals surface area contributed by atoms with Gasteiger partial charge >= 0.3 is 0 Å². The van der Waals surface area contributed by atoms with Gasteiger partial charge in [-0.05, 0) is 25.0 Å². The summed E-state index contributed by atoms with van der Waals surface area (Å²) >= 11 is 13.8. The summed E-state index contributed by atoms with van der Waals surface area (Å²) in [6.45, 7) is 0.557. The highest BCUT2D eigenvalue weighted by molar-refractivity contribution is 8.16. The maximum atomic E-state index is 12.4. The number of hydrogen-bond acceptors (Lipinski definition) is 5. The topological polar surface area (TPSA) is 76.0 Å². The Hall–Kier alpha value is -0.800. The average molecular weight is 435 g/mol. The van der Waals surface area contributed by atoms with E-state index in [4.69, 9.17) is 27.9 Å². The molecule has 1 amide bonds. The fourth-order valence-corrected chi connectivity index (χ4v) is 7.76. The number of carbonyl (C=O) groups excluding carboxylic acids is 1. The van der Waals surface area contributed by atoms with Crippen molar-refractivity contribution in [3.63, 3.8) is 0 Å². The minimum Gasteiger partial charge on any atom is -0.368 e. The molecule has 0 bridgehead atoms. The fraction of sp³-hybridized carbons (Fsp3) is 0.500. The molecule has 3 atom stereocenters. The Morgan fingerprint density at radius 2 is 2.12 bits per heavy atom. The van der Waals surface area contributed by atoms with Crippen LogP contribution in [0.15, 0.2) is 23.2 Å². The first-order valence-electron chi connectivity index (χ1n) is 8.20. The van der Waals surface area contributed by atoms with Gasteiger partial charge in [-0.1, -0.05) is 41.0 Å². The lowest BCUT2D eigenvalue weighted by Crippen LogP contribution is -2.38. The maximum absolute atomic E-state index is 12.4. The van der Waals surface area contributed by atoms with Crippen molar-refractivity contribution < 1.29 is 17.9 Å². The third kappa shape index (κ3) is 3.38. The number of amidine groups is 1. The number of ether oxygens (including phenoxy) is 1. The van der Waals surface area contributed by atoms with Gasteiger partial charge in [0.2, 0.25) is 0 Å². The number of fused-ring (bicyclic) bond motifs is 1. The molecule has 0 saturated carbocycles. The van der Waals surface area contributed by atoms with Crippen LogP contribution in [0.4, 0.5) is 5.69 Å². The van der Waals surface area contributed by atoms with Crippen LogP contribution in [0.25, 0.3) is 0 Å². The van der Waals surface area contributed by atoms with Gasteiger partial charge in [-0.3, -0.25) is 4.79 Å². The molecule has 3 heterocycles. The molecule has 1 aromatic carbocycles. The molecule has 4 rings (SSSR count). The zero-order valence-corrected chi connectivity index (χ0v) is 16.7. The maximum Gasteiger partial charge on any atom is 0.277 e. The van der Waals surface area contributed by atoms with E-state index in [-0.39, 0.29) is 28.7 Å². The van der Waals surface area contributed by atoms with E-state index in [0.717, 1.165) is 6.42 Å². The van der Waals surface area contributed by atoms with E-state index < -0.39 is 15.9 Å². The molecule has 3 fully saturated rings. The number of anilines is 1. The summed E-state index contributed by atoms with van der Waals surface area (Å²) < 4.78 is 29.6. The Kier molecular flexibility index (Phi) is 4.98. The number of halogens is 2. The number of benzene rings is 1. The van der Waals surface area contributed by atoms with Crippen molar-refractivity contribution in [1.82, 2.24) is 0 Å². The van der Waals surface area contributed by atoms with Crippen LogP contribution in [-0.2, 0) is 19.4 Å². The first-order chi connectivity index (χ1) is 12.4. The third-order valence-electron chi connectivity index (χ3n) is 4.67. The highest BCUT2D eigenvalue weighted by atomic mass is 35.5. The minimum absolute atomic E-state index is 0.000643. The molecule has 3 aliphatic heterocycles. The van der Waals surface area contributed by atoms with Crippen molar-refractivity contribution in [2.24, 2.45) is 4.99 Å². The molecule has 0 aliphatic carbocycles. The van der Waals surface area contributed by atoms with Crippen LogP contribution >= 0.6 is 35.0 Å². The summed E-state index contributed by atoms with van der Waals surface area (Å²) in [6.07, 6.45) is 0.963. The standard InChI is InChI=1S/C16H16Cl2N2O4S2/c17-9-3-1-4-10(14(9)18)20-11-7-26(22,23)8-13(11)25-16(20)19-15(21)12-5-2-6-24-12/h1,3-4,11-13H,2,5-8H2/t11-,12+,13-/m0/s1. The summed E-state index contributed by atoms with van der Waals surface area (Å²) in [6, 6.07) is 4.84. The number of sulfone groups is 1. The molecular formula is C16H16Cl2N2O4S2. The molecule has 3 saturated heterocycles. The highest BCUT2D eigenvalue weighted by Crippen LogP contribution is 2.44. The second-order valence-corrected chi connectivity index (χ2v) is 10.6. The van der Waals surface area contributed by atoms with Crippen LogP contribution in [0.3, 0.4) is 0 Å². The minimum atomic E-state index is -3.14. The molecule has 0 N–H and O–H groups in total. The van der Waals surface area contributed by atoms with Gasteiger partial charge in [-0.25, -0.2) is 8.42 Å². The van der Waals surface area contributed by atoms with Crippen molar-refractivity contribution in [3.8, 4) is 0 Å². The highest BCUT2D eigenvalue weighted by Gasteiger charge is 2.50. The Balaban J connectivity index is 1.73. The van der Waals surface area contributed by atoms with E-state index in [1.807, 2.05) is 0 Å². The van der Waals surface area contributed by atoms with Crippen molar-refractivity contribution >= 4 is 61.6 Å². The van der Waals surface area contributed by atoms with Crippen LogP contribution in [0.5, 0.6) is 0 Å². The Bertz CT molecular complexity index is 884. The second kappa shape index (κ2) is 6.98. The zero-order chi connectivity index (χ0) is 18.5. The summed E-state index contributed by atoms with van der Waals surface area (Å²) in [7, 11) is -3.14. The molecule has 0 radical (unpaired) electrons. The number of rotatable bonds is 2. The summed E-state index contributed by atoms with van der Waals surface area (Å²) in [5.74, 6) is -0.277. The predicted octanol–water partition coefficient (Wildman–Crippen LogP) is 2.77. The molecule has 6 nitrogen and oxygen atoms in total. The van der Waals surface area contributed by atoms with Crippen LogP contribution in [0.1, 0.15) is 12.8 Å². The largest absolute Gasteiger partial charge is 0.368 e. The van der Waals surface area contributed by atoms with Gasteiger partial charge in [0, 0.05) is 11.9 Å². The fourth-order valence-electron chi connectivity index (χ4n) is 3.46. The third-order valence-corrected chi connectivity index (χ3v) is 8.69.